The molecule has 4 aliphatic carbocycles. The molecule has 0 aromatic heterocycles. The Hall–Kier alpha value is -0.680. The highest BCUT2D eigenvalue weighted by Crippen LogP contribution is 2.64. The van der Waals surface area contributed by atoms with Gasteiger partial charge in [0.05, 0.1) is 5.75 Å². The van der Waals surface area contributed by atoms with Gasteiger partial charge in [0.2, 0.25) is 0 Å². The lowest BCUT2D eigenvalue weighted by Gasteiger charge is -2.57. The summed E-state index contributed by atoms with van der Waals surface area (Å²) in [6, 6.07) is 0. The van der Waals surface area contributed by atoms with Gasteiger partial charge >= 0.3 is 0 Å². The van der Waals surface area contributed by atoms with Crippen molar-refractivity contribution in [3.8, 4) is 12.3 Å². The van der Waals surface area contributed by atoms with Gasteiger partial charge in [0, 0.05) is 17.1 Å². The number of rotatable bonds is 2. The molecule has 6 atom stereocenters. The molecule has 24 heavy (non-hydrogen) atoms. The van der Waals surface area contributed by atoms with E-state index in [1.807, 2.05) is 11.8 Å². The van der Waals surface area contributed by atoms with Crippen LogP contribution in [0.5, 0.6) is 0 Å². The van der Waals surface area contributed by atoms with Crippen molar-refractivity contribution >= 4 is 17.5 Å². The largest absolute Gasteiger partial charge is 0.299 e. The number of Topliss-reactive ketones (excluding diaryl/α,β-unsaturated/α-hetero) is 1. The Morgan fingerprint density at radius 1 is 1.21 bits per heavy atom. The Labute approximate surface area is 151 Å². The van der Waals surface area contributed by atoms with Crippen LogP contribution in [0.2, 0.25) is 0 Å². The van der Waals surface area contributed by atoms with Crippen LogP contribution in [0.1, 0.15) is 65.2 Å². The summed E-state index contributed by atoms with van der Waals surface area (Å²) < 4.78 is 0. The molecule has 0 N–H and O–H groups in total. The SMILES string of the molecule is C#CCS[C@H]1CC[C@@]2(C)C(=CCC3C2CC[C@]2(C)C(=O)CCC32)C1. The van der Waals surface area contributed by atoms with Gasteiger partial charge in [-0.15, -0.1) is 18.2 Å². The van der Waals surface area contributed by atoms with Crippen molar-refractivity contribution in [1.82, 2.24) is 0 Å². The molecule has 0 aromatic carbocycles. The average molecular weight is 343 g/mol. The normalized spacial score (nSPS) is 47.2. The zero-order chi connectivity index (χ0) is 16.9. The standard InChI is InChI=1S/C22H30OS/c1-4-13-24-16-9-11-21(2)15(14-16)5-6-17-18-7-8-20(23)22(18,3)12-10-19(17)21/h1,5,16-19H,6-14H2,2-3H3/t16-,17?,18?,19?,21-,22-/m0/s1. The third-order valence-corrected chi connectivity index (χ3v) is 9.38. The first-order valence-electron chi connectivity index (χ1n) is 9.77. The van der Waals surface area contributed by atoms with Crippen molar-refractivity contribution in [3.05, 3.63) is 11.6 Å². The highest BCUT2D eigenvalue weighted by Gasteiger charge is 2.58. The first-order valence-corrected chi connectivity index (χ1v) is 10.8. The number of hydrogen-bond acceptors (Lipinski definition) is 2. The van der Waals surface area contributed by atoms with Gasteiger partial charge in [-0.05, 0) is 68.1 Å². The molecule has 0 heterocycles. The topological polar surface area (TPSA) is 17.1 Å². The van der Waals surface area contributed by atoms with Gasteiger partial charge in [0.25, 0.3) is 0 Å². The summed E-state index contributed by atoms with van der Waals surface area (Å²) in [7, 11) is 0. The van der Waals surface area contributed by atoms with E-state index >= 15 is 0 Å². The smallest absolute Gasteiger partial charge is 0.139 e. The third-order valence-electron chi connectivity index (χ3n) is 8.17. The minimum Gasteiger partial charge on any atom is -0.299 e. The molecule has 2 heteroatoms. The van der Waals surface area contributed by atoms with E-state index in [0.29, 0.717) is 17.1 Å². The summed E-state index contributed by atoms with van der Waals surface area (Å²) in [6.45, 7) is 4.81. The van der Waals surface area contributed by atoms with Crippen molar-refractivity contribution in [1.29, 1.82) is 0 Å². The Bertz CT molecular complexity index is 614. The first-order chi connectivity index (χ1) is 11.5. The molecular weight excluding hydrogens is 312 g/mol. The second-order valence-corrected chi connectivity index (χ2v) is 10.3. The fourth-order valence-electron chi connectivity index (χ4n) is 6.71. The summed E-state index contributed by atoms with van der Waals surface area (Å²) in [4.78, 5) is 12.5. The summed E-state index contributed by atoms with van der Waals surface area (Å²) >= 11 is 1.97. The number of ketones is 1. The Morgan fingerprint density at radius 2 is 1.96 bits per heavy atom. The molecule has 130 valence electrons. The zero-order valence-electron chi connectivity index (χ0n) is 15.1. The van der Waals surface area contributed by atoms with Gasteiger partial charge in [0.1, 0.15) is 5.78 Å². The van der Waals surface area contributed by atoms with Crippen molar-refractivity contribution < 1.29 is 4.79 Å². The van der Waals surface area contributed by atoms with E-state index in [1.165, 1.54) is 32.1 Å². The maximum atomic E-state index is 12.5. The monoisotopic (exact) mass is 342 g/mol. The molecular formula is C22H30OS. The molecule has 0 spiro atoms. The first kappa shape index (κ1) is 16.8. The van der Waals surface area contributed by atoms with Gasteiger partial charge in [-0.25, -0.2) is 0 Å². The molecule has 0 saturated heterocycles. The molecule has 4 aliphatic rings. The van der Waals surface area contributed by atoms with Crippen LogP contribution in [0.3, 0.4) is 0 Å². The van der Waals surface area contributed by atoms with Crippen molar-refractivity contribution in [2.24, 2.45) is 28.6 Å². The van der Waals surface area contributed by atoms with Gasteiger partial charge in [-0.2, -0.15) is 0 Å². The lowest BCUT2D eigenvalue weighted by atomic mass is 9.48. The number of allylic oxidation sites excluding steroid dienone is 2. The fourth-order valence-corrected chi connectivity index (χ4v) is 7.62. The van der Waals surface area contributed by atoms with E-state index in [0.717, 1.165) is 42.1 Å². The summed E-state index contributed by atoms with van der Waals surface area (Å²) in [6.07, 6.45) is 17.5. The number of fused-ring (bicyclic) bond motifs is 5. The van der Waals surface area contributed by atoms with Crippen LogP contribution in [0, 0.1) is 40.9 Å². The fraction of sp³-hybridized carbons (Fsp3) is 0.773. The van der Waals surface area contributed by atoms with Crippen molar-refractivity contribution in [2.75, 3.05) is 5.75 Å². The number of carbonyl (C=O) groups excluding carboxylic acids is 1. The van der Waals surface area contributed by atoms with Crippen LogP contribution in [0.15, 0.2) is 11.6 Å². The number of carbonyl (C=O) groups is 1. The molecule has 0 aliphatic heterocycles. The van der Waals surface area contributed by atoms with Crippen LogP contribution in [-0.4, -0.2) is 16.8 Å². The highest BCUT2D eigenvalue weighted by atomic mass is 32.2. The van der Waals surface area contributed by atoms with E-state index in [2.05, 4.69) is 25.8 Å². The van der Waals surface area contributed by atoms with E-state index < -0.39 is 0 Å². The lowest BCUT2D eigenvalue weighted by Crippen LogP contribution is -2.50. The van der Waals surface area contributed by atoms with Crippen LogP contribution in [-0.2, 0) is 4.79 Å². The molecule has 0 bridgehead atoms. The Kier molecular flexibility index (Phi) is 4.15. The number of hydrogen-bond donors (Lipinski definition) is 0. The predicted molar refractivity (Wildman–Crippen MR) is 102 cm³/mol. The molecule has 0 radical (unpaired) electrons. The molecule has 4 rings (SSSR count). The zero-order valence-corrected chi connectivity index (χ0v) is 16.0. The highest BCUT2D eigenvalue weighted by molar-refractivity contribution is 8.00. The summed E-state index contributed by atoms with van der Waals surface area (Å²) in [5.41, 5.74) is 2.11. The molecule has 3 saturated carbocycles. The second-order valence-electron chi connectivity index (χ2n) is 9.06. The molecule has 0 amide bonds. The maximum absolute atomic E-state index is 12.5. The third kappa shape index (κ3) is 2.34. The van der Waals surface area contributed by atoms with E-state index in [9.17, 15) is 4.79 Å². The van der Waals surface area contributed by atoms with Crippen LogP contribution >= 0.6 is 11.8 Å². The van der Waals surface area contributed by atoms with E-state index in [-0.39, 0.29) is 5.41 Å². The quantitative estimate of drug-likeness (QED) is 0.503. The van der Waals surface area contributed by atoms with E-state index in [4.69, 9.17) is 6.42 Å². The summed E-state index contributed by atoms with van der Waals surface area (Å²) in [5.74, 6) is 6.39. The second kappa shape index (κ2) is 5.94. The van der Waals surface area contributed by atoms with Crippen molar-refractivity contribution in [3.63, 3.8) is 0 Å². The van der Waals surface area contributed by atoms with Crippen molar-refractivity contribution in [2.45, 2.75) is 70.5 Å². The van der Waals surface area contributed by atoms with Gasteiger partial charge in [-0.1, -0.05) is 31.4 Å². The van der Waals surface area contributed by atoms with Gasteiger partial charge < -0.3 is 0 Å². The number of terminal acetylenes is 1. The van der Waals surface area contributed by atoms with Gasteiger partial charge in [0.15, 0.2) is 0 Å². The Morgan fingerprint density at radius 3 is 2.75 bits per heavy atom. The summed E-state index contributed by atoms with van der Waals surface area (Å²) in [5, 5.41) is 0.721. The molecule has 1 nitrogen and oxygen atoms in total. The molecule has 3 unspecified atom stereocenters. The molecule has 3 fully saturated rings. The van der Waals surface area contributed by atoms with E-state index in [1.54, 1.807) is 5.57 Å². The predicted octanol–water partition coefficient (Wildman–Crippen LogP) is 5.25. The minimum absolute atomic E-state index is 0.00270. The van der Waals surface area contributed by atoms with Crippen LogP contribution in [0.4, 0.5) is 0 Å². The Balaban J connectivity index is 1.58. The van der Waals surface area contributed by atoms with Crippen LogP contribution in [0.25, 0.3) is 0 Å². The lowest BCUT2D eigenvalue weighted by molar-refractivity contribution is -0.131. The molecule has 0 aromatic rings. The van der Waals surface area contributed by atoms with Crippen LogP contribution < -0.4 is 0 Å². The minimum atomic E-state index is 0.00270. The maximum Gasteiger partial charge on any atom is 0.139 e. The van der Waals surface area contributed by atoms with Gasteiger partial charge in [-0.3, -0.25) is 4.79 Å². The number of thioether (sulfide) groups is 1. The average Bonchev–Trinajstić information content (AvgIpc) is 2.88.